The Hall–Kier alpha value is -2.57. The number of halogens is 1. The number of aromatic amines is 1. The molecule has 0 radical (unpaired) electrons. The van der Waals surface area contributed by atoms with Crippen LogP contribution in [0.5, 0.6) is 0 Å². The van der Waals surface area contributed by atoms with E-state index in [1.807, 2.05) is 23.1 Å². The Kier molecular flexibility index (Phi) is 5.59. The second-order valence-corrected chi connectivity index (χ2v) is 8.90. The van der Waals surface area contributed by atoms with Crippen molar-refractivity contribution >= 4 is 34.2 Å². The number of nitrogens with zero attached hydrogens (tertiary/aromatic N) is 3. The highest BCUT2D eigenvalue weighted by atomic mass is 35.5. The van der Waals surface area contributed by atoms with E-state index in [1.54, 1.807) is 0 Å². The molecule has 7 heteroatoms. The van der Waals surface area contributed by atoms with E-state index in [0.29, 0.717) is 31.3 Å². The number of rotatable bonds is 3. The van der Waals surface area contributed by atoms with Crippen LogP contribution in [0.15, 0.2) is 36.4 Å². The number of aryl methyl sites for hydroxylation is 1. The molecule has 1 unspecified atom stereocenters. The monoisotopic (exact) mass is 438 g/mol. The quantitative estimate of drug-likeness (QED) is 0.663. The lowest BCUT2D eigenvalue weighted by molar-refractivity contribution is -0.139. The SMILES string of the molecule is Cc1ccc2[nH]c(-c3cc(N4CCCC(C(=O)N5CCOCC5)C4)ccc3Cl)nc2c1. The van der Waals surface area contributed by atoms with E-state index in [0.717, 1.165) is 54.0 Å². The highest BCUT2D eigenvalue weighted by molar-refractivity contribution is 6.33. The number of fused-ring (bicyclic) bond motifs is 1. The molecule has 2 saturated heterocycles. The van der Waals surface area contributed by atoms with Crippen molar-refractivity contribution in [2.45, 2.75) is 19.8 Å². The number of carbonyl (C=O) groups is 1. The molecule has 0 aliphatic carbocycles. The molecule has 2 aliphatic heterocycles. The standard InChI is InChI=1S/C24H27ClN4O2/c1-16-4-7-21-22(13-16)27-23(26-21)19-14-18(5-6-20(19)25)29-8-2-3-17(15-29)24(30)28-9-11-31-12-10-28/h4-7,13-14,17H,2-3,8-12,15H2,1H3,(H,26,27). The highest BCUT2D eigenvalue weighted by Crippen LogP contribution is 2.33. The summed E-state index contributed by atoms with van der Waals surface area (Å²) < 4.78 is 5.40. The minimum absolute atomic E-state index is 0.0279. The number of ether oxygens (including phenoxy) is 1. The van der Waals surface area contributed by atoms with Gasteiger partial charge in [0.1, 0.15) is 5.82 Å². The van der Waals surface area contributed by atoms with Crippen molar-refractivity contribution in [1.82, 2.24) is 14.9 Å². The molecule has 162 valence electrons. The van der Waals surface area contributed by atoms with Crippen molar-refractivity contribution in [3.05, 3.63) is 47.0 Å². The van der Waals surface area contributed by atoms with Gasteiger partial charge in [-0.15, -0.1) is 0 Å². The number of hydrogen-bond acceptors (Lipinski definition) is 4. The van der Waals surface area contributed by atoms with Crippen LogP contribution in [0, 0.1) is 12.8 Å². The molecular formula is C24H27ClN4O2. The fraction of sp³-hybridized carbons (Fsp3) is 0.417. The lowest BCUT2D eigenvalue weighted by Crippen LogP contribution is -2.48. The van der Waals surface area contributed by atoms with E-state index in [4.69, 9.17) is 21.3 Å². The van der Waals surface area contributed by atoms with Crippen molar-refractivity contribution in [2.24, 2.45) is 5.92 Å². The summed E-state index contributed by atoms with van der Waals surface area (Å²) in [7, 11) is 0. The average Bonchev–Trinajstić information content (AvgIpc) is 3.22. The number of morpholine rings is 1. The number of carbonyl (C=O) groups excluding carboxylic acids is 1. The number of piperidine rings is 1. The Morgan fingerprint density at radius 2 is 2.00 bits per heavy atom. The molecule has 3 aromatic rings. The maximum Gasteiger partial charge on any atom is 0.227 e. The normalized spacial score (nSPS) is 19.7. The van der Waals surface area contributed by atoms with Gasteiger partial charge in [-0.3, -0.25) is 4.79 Å². The van der Waals surface area contributed by atoms with Crippen LogP contribution in [0.2, 0.25) is 5.02 Å². The lowest BCUT2D eigenvalue weighted by atomic mass is 9.95. The van der Waals surface area contributed by atoms with Crippen molar-refractivity contribution in [3.8, 4) is 11.4 Å². The Morgan fingerprint density at radius 1 is 1.16 bits per heavy atom. The maximum absolute atomic E-state index is 13.0. The lowest BCUT2D eigenvalue weighted by Gasteiger charge is -2.37. The van der Waals surface area contributed by atoms with Crippen molar-refractivity contribution < 1.29 is 9.53 Å². The molecular weight excluding hydrogens is 412 g/mol. The van der Waals surface area contributed by atoms with E-state index in [9.17, 15) is 4.79 Å². The van der Waals surface area contributed by atoms with Crippen molar-refractivity contribution in [3.63, 3.8) is 0 Å². The van der Waals surface area contributed by atoms with Gasteiger partial charge >= 0.3 is 0 Å². The summed E-state index contributed by atoms with van der Waals surface area (Å²) in [6.45, 7) is 6.41. The molecule has 3 heterocycles. The molecule has 2 aliphatic rings. The zero-order valence-electron chi connectivity index (χ0n) is 17.7. The average molecular weight is 439 g/mol. The molecule has 2 fully saturated rings. The zero-order chi connectivity index (χ0) is 21.4. The molecule has 0 spiro atoms. The largest absolute Gasteiger partial charge is 0.378 e. The van der Waals surface area contributed by atoms with Gasteiger partial charge in [0.15, 0.2) is 0 Å². The topological polar surface area (TPSA) is 61.5 Å². The predicted molar refractivity (Wildman–Crippen MR) is 124 cm³/mol. The van der Waals surface area contributed by atoms with Crippen molar-refractivity contribution in [2.75, 3.05) is 44.3 Å². The Bertz CT molecular complexity index is 1110. The van der Waals surface area contributed by atoms with Crippen LogP contribution in [0.3, 0.4) is 0 Å². The van der Waals surface area contributed by atoms with Crippen LogP contribution < -0.4 is 4.90 Å². The molecule has 1 amide bonds. The predicted octanol–water partition coefficient (Wildman–Crippen LogP) is 4.27. The van der Waals surface area contributed by atoms with E-state index in [-0.39, 0.29) is 11.8 Å². The molecule has 31 heavy (non-hydrogen) atoms. The highest BCUT2D eigenvalue weighted by Gasteiger charge is 2.30. The van der Waals surface area contributed by atoms with Crippen LogP contribution in [-0.2, 0) is 9.53 Å². The number of benzene rings is 2. The van der Waals surface area contributed by atoms with Gasteiger partial charge in [-0.1, -0.05) is 17.7 Å². The van der Waals surface area contributed by atoms with E-state index in [1.165, 1.54) is 5.56 Å². The fourth-order valence-corrected chi connectivity index (χ4v) is 4.80. The number of nitrogens with one attached hydrogen (secondary N) is 1. The van der Waals surface area contributed by atoms with E-state index < -0.39 is 0 Å². The Morgan fingerprint density at radius 3 is 2.84 bits per heavy atom. The summed E-state index contributed by atoms with van der Waals surface area (Å²) in [5.41, 5.74) is 5.07. The summed E-state index contributed by atoms with van der Waals surface area (Å²) >= 11 is 6.56. The summed E-state index contributed by atoms with van der Waals surface area (Å²) in [6, 6.07) is 12.2. The molecule has 0 saturated carbocycles. The molecule has 1 atom stereocenters. The van der Waals surface area contributed by atoms with E-state index >= 15 is 0 Å². The second kappa shape index (κ2) is 8.52. The number of amides is 1. The molecule has 6 nitrogen and oxygen atoms in total. The summed E-state index contributed by atoms with van der Waals surface area (Å²) in [6.07, 6.45) is 1.94. The Labute approximate surface area is 187 Å². The Balaban J connectivity index is 1.39. The number of hydrogen-bond donors (Lipinski definition) is 1. The minimum Gasteiger partial charge on any atom is -0.378 e. The second-order valence-electron chi connectivity index (χ2n) is 8.49. The van der Waals surface area contributed by atoms with Gasteiger partial charge in [0.05, 0.1) is 35.2 Å². The van der Waals surface area contributed by atoms with Gasteiger partial charge in [0.2, 0.25) is 5.91 Å². The van der Waals surface area contributed by atoms with E-state index in [2.05, 4.69) is 35.0 Å². The van der Waals surface area contributed by atoms with Gasteiger partial charge < -0.3 is 19.5 Å². The van der Waals surface area contributed by atoms with Crippen molar-refractivity contribution in [1.29, 1.82) is 0 Å². The summed E-state index contributed by atoms with van der Waals surface area (Å²) in [4.78, 5) is 25.4. The van der Waals surface area contributed by atoms with Crippen LogP contribution in [-0.4, -0.2) is 60.2 Å². The fourth-order valence-electron chi connectivity index (χ4n) is 4.59. The van der Waals surface area contributed by atoms with Gasteiger partial charge in [-0.05, 0) is 55.7 Å². The molecule has 2 aromatic carbocycles. The molecule has 5 rings (SSSR count). The number of imidazole rings is 1. The first-order valence-corrected chi connectivity index (χ1v) is 11.3. The van der Waals surface area contributed by atoms with Crippen LogP contribution >= 0.6 is 11.6 Å². The number of H-pyrrole nitrogens is 1. The van der Waals surface area contributed by atoms with Crippen LogP contribution in [0.4, 0.5) is 5.69 Å². The number of aromatic nitrogens is 2. The van der Waals surface area contributed by atoms with Crippen LogP contribution in [0.25, 0.3) is 22.4 Å². The first-order valence-electron chi connectivity index (χ1n) is 11.0. The number of anilines is 1. The van der Waals surface area contributed by atoms with Gasteiger partial charge in [0.25, 0.3) is 0 Å². The maximum atomic E-state index is 13.0. The molecule has 0 bridgehead atoms. The zero-order valence-corrected chi connectivity index (χ0v) is 18.5. The first-order chi connectivity index (χ1) is 15.1. The third-order valence-electron chi connectivity index (χ3n) is 6.30. The van der Waals surface area contributed by atoms with Crippen LogP contribution in [0.1, 0.15) is 18.4 Å². The molecule has 1 N–H and O–H groups in total. The minimum atomic E-state index is 0.0279. The third kappa shape index (κ3) is 4.14. The van der Waals surface area contributed by atoms with Gasteiger partial charge in [-0.2, -0.15) is 0 Å². The smallest absolute Gasteiger partial charge is 0.227 e. The molecule has 1 aromatic heterocycles. The third-order valence-corrected chi connectivity index (χ3v) is 6.63. The first kappa shape index (κ1) is 20.3. The van der Waals surface area contributed by atoms with Gasteiger partial charge in [-0.25, -0.2) is 4.98 Å². The van der Waals surface area contributed by atoms with Gasteiger partial charge in [0, 0.05) is 37.4 Å². The summed E-state index contributed by atoms with van der Waals surface area (Å²) in [5.74, 6) is 1.06. The summed E-state index contributed by atoms with van der Waals surface area (Å²) in [5, 5.41) is 0.664.